The zero-order valence-corrected chi connectivity index (χ0v) is 14.2. The van der Waals surface area contributed by atoms with Crippen LogP contribution in [-0.2, 0) is 12.8 Å². The molecule has 0 saturated carbocycles. The van der Waals surface area contributed by atoms with Crippen LogP contribution in [0.3, 0.4) is 0 Å². The summed E-state index contributed by atoms with van der Waals surface area (Å²) in [6, 6.07) is 25.9. The van der Waals surface area contributed by atoms with Crippen molar-refractivity contribution in [1.29, 1.82) is 0 Å². The molecule has 120 valence electrons. The average Bonchev–Trinajstić information content (AvgIpc) is 2.66. The predicted molar refractivity (Wildman–Crippen MR) is 104 cm³/mol. The lowest BCUT2D eigenvalue weighted by atomic mass is 9.95. The van der Waals surface area contributed by atoms with Gasteiger partial charge in [-0.3, -0.25) is 0 Å². The quantitative estimate of drug-likeness (QED) is 0.528. The number of hydrogen-bond donors (Lipinski definition) is 0. The van der Waals surface area contributed by atoms with E-state index in [-0.39, 0.29) is 0 Å². The molecule has 0 heteroatoms. The third kappa shape index (κ3) is 4.70. The van der Waals surface area contributed by atoms with Gasteiger partial charge in [-0.25, -0.2) is 0 Å². The molecule has 3 rings (SSSR count). The van der Waals surface area contributed by atoms with Gasteiger partial charge in [0.2, 0.25) is 0 Å². The van der Waals surface area contributed by atoms with Crippen LogP contribution in [0.1, 0.15) is 30.6 Å². The standard InChI is InChI=1S/C24H24/c1-19-13-20(2)15-23(14-19)18-24(16-21-9-5-3-6-10-21)17-22-11-7-4-8-12-22/h3-15,18H,16-17H2,1-2H3/i16D,17D. The van der Waals surface area contributed by atoms with E-state index >= 15 is 0 Å². The van der Waals surface area contributed by atoms with Crippen LogP contribution in [0.2, 0.25) is 0 Å². The van der Waals surface area contributed by atoms with Gasteiger partial charge in [-0.15, -0.1) is 0 Å². The van der Waals surface area contributed by atoms with E-state index in [0.29, 0.717) is 0 Å². The van der Waals surface area contributed by atoms with Crippen LogP contribution in [-0.4, -0.2) is 0 Å². The molecule has 0 spiro atoms. The lowest BCUT2D eigenvalue weighted by Crippen LogP contribution is -1.96. The average molecular weight is 314 g/mol. The monoisotopic (exact) mass is 314 g/mol. The van der Waals surface area contributed by atoms with E-state index in [1.165, 1.54) is 11.1 Å². The molecule has 0 fully saturated rings. The summed E-state index contributed by atoms with van der Waals surface area (Å²) in [6.45, 7) is 4.16. The molecule has 2 unspecified atom stereocenters. The molecule has 0 N–H and O–H groups in total. The minimum absolute atomic E-state index is 0.570. The molecule has 24 heavy (non-hydrogen) atoms. The lowest BCUT2D eigenvalue weighted by molar-refractivity contribution is 1.05. The minimum Gasteiger partial charge on any atom is -0.0622 e. The maximum absolute atomic E-state index is 8.82. The summed E-state index contributed by atoms with van der Waals surface area (Å²) in [4.78, 5) is 0. The first-order chi connectivity index (χ1) is 12.5. The van der Waals surface area contributed by atoms with Gasteiger partial charge in [0.25, 0.3) is 0 Å². The van der Waals surface area contributed by atoms with Crippen molar-refractivity contribution < 1.29 is 2.74 Å². The van der Waals surface area contributed by atoms with Gasteiger partial charge >= 0.3 is 0 Å². The highest BCUT2D eigenvalue weighted by molar-refractivity contribution is 5.56. The molecule has 0 heterocycles. The topological polar surface area (TPSA) is 0 Å². The predicted octanol–water partition coefficient (Wildman–Crippen LogP) is 6.17. The molecule has 0 aliphatic carbocycles. The van der Waals surface area contributed by atoms with Crippen molar-refractivity contribution in [1.82, 2.24) is 0 Å². The Labute approximate surface area is 148 Å². The van der Waals surface area contributed by atoms with Gasteiger partial charge in [-0.2, -0.15) is 0 Å². The van der Waals surface area contributed by atoms with Crippen molar-refractivity contribution in [3.63, 3.8) is 0 Å². The van der Waals surface area contributed by atoms with E-state index < -0.39 is 12.8 Å². The van der Waals surface area contributed by atoms with E-state index in [4.69, 9.17) is 2.74 Å². The summed E-state index contributed by atoms with van der Waals surface area (Å²) in [5.41, 5.74) is 6.05. The molecule has 0 aliphatic rings. The van der Waals surface area contributed by atoms with Crippen molar-refractivity contribution in [3.05, 3.63) is 112 Å². The summed E-state index contributed by atoms with van der Waals surface area (Å²) < 4.78 is 17.6. The largest absolute Gasteiger partial charge is 0.0622 e. The van der Waals surface area contributed by atoms with E-state index in [0.717, 1.165) is 22.3 Å². The molecule has 3 aromatic carbocycles. The molecule has 0 saturated heterocycles. The van der Waals surface area contributed by atoms with Crippen molar-refractivity contribution >= 4 is 6.08 Å². The van der Waals surface area contributed by atoms with E-state index in [2.05, 4.69) is 32.0 Å². The first-order valence-electron chi connectivity index (χ1n) is 9.44. The van der Waals surface area contributed by atoms with Crippen LogP contribution >= 0.6 is 0 Å². The third-order valence-corrected chi connectivity index (χ3v) is 3.84. The maximum atomic E-state index is 8.82. The first kappa shape index (κ1) is 13.8. The van der Waals surface area contributed by atoms with Gasteiger partial charge in [0.1, 0.15) is 0 Å². The van der Waals surface area contributed by atoms with Crippen LogP contribution in [0, 0.1) is 13.8 Å². The summed E-state index contributed by atoms with van der Waals surface area (Å²) in [5.74, 6) is 0. The summed E-state index contributed by atoms with van der Waals surface area (Å²) in [7, 11) is 0. The number of rotatable bonds is 5. The summed E-state index contributed by atoms with van der Waals surface area (Å²) >= 11 is 0. The van der Waals surface area contributed by atoms with E-state index in [1.54, 1.807) is 0 Å². The molecule has 2 atom stereocenters. The fourth-order valence-corrected chi connectivity index (χ4v) is 2.89. The SMILES string of the molecule is [2H]C(C(=Cc1cc(C)cc(C)c1)C([2H])c1ccccc1)c1ccccc1. The fraction of sp³-hybridized carbons (Fsp3) is 0.167. The van der Waals surface area contributed by atoms with Crippen LogP contribution in [0.15, 0.2) is 84.4 Å². The molecule has 3 aromatic rings. The van der Waals surface area contributed by atoms with Crippen molar-refractivity contribution in [2.75, 3.05) is 0 Å². The second-order valence-corrected chi connectivity index (χ2v) is 6.18. The van der Waals surface area contributed by atoms with Crippen LogP contribution in [0.25, 0.3) is 6.08 Å². The van der Waals surface area contributed by atoms with Gasteiger partial charge in [0.05, 0.1) is 0 Å². The van der Waals surface area contributed by atoms with Gasteiger partial charge in [-0.05, 0) is 43.3 Å². The second-order valence-electron chi connectivity index (χ2n) is 6.18. The van der Waals surface area contributed by atoms with Crippen LogP contribution in [0.5, 0.6) is 0 Å². The molecule has 0 amide bonds. The lowest BCUT2D eigenvalue weighted by Gasteiger charge is -2.10. The summed E-state index contributed by atoms with van der Waals surface area (Å²) in [6.07, 6.45) is 0.884. The molecular weight excluding hydrogens is 288 g/mol. The fourth-order valence-electron chi connectivity index (χ4n) is 2.89. The zero-order chi connectivity index (χ0) is 18.5. The smallest absolute Gasteiger partial charge is 0.0362 e. The Morgan fingerprint density at radius 1 is 0.750 bits per heavy atom. The minimum atomic E-state index is -0.570. The Morgan fingerprint density at radius 3 is 1.67 bits per heavy atom. The highest BCUT2D eigenvalue weighted by Gasteiger charge is 2.03. The van der Waals surface area contributed by atoms with Crippen molar-refractivity contribution in [2.45, 2.75) is 26.6 Å². The molecule has 0 aromatic heterocycles. The maximum Gasteiger partial charge on any atom is 0.0362 e. The molecule has 0 aliphatic heterocycles. The van der Waals surface area contributed by atoms with E-state index in [9.17, 15) is 0 Å². The van der Waals surface area contributed by atoms with Crippen molar-refractivity contribution in [3.8, 4) is 0 Å². The molecule has 0 bridgehead atoms. The Balaban J connectivity index is 2.07. The van der Waals surface area contributed by atoms with Gasteiger partial charge < -0.3 is 0 Å². The normalized spacial score (nSPS) is 14.2. The highest BCUT2D eigenvalue weighted by atomic mass is 14.1. The van der Waals surface area contributed by atoms with Crippen LogP contribution < -0.4 is 0 Å². The summed E-state index contributed by atoms with van der Waals surface area (Å²) in [5, 5.41) is 0. The van der Waals surface area contributed by atoms with Crippen molar-refractivity contribution in [2.24, 2.45) is 0 Å². The van der Waals surface area contributed by atoms with E-state index in [1.807, 2.05) is 66.7 Å². The number of hydrogen-bond acceptors (Lipinski definition) is 0. The van der Waals surface area contributed by atoms with Gasteiger partial charge in [-0.1, -0.05) is 102 Å². The second kappa shape index (κ2) is 7.79. The Kier molecular flexibility index (Phi) is 4.48. The Morgan fingerprint density at radius 2 is 1.21 bits per heavy atom. The number of aryl methyl sites for hydroxylation is 2. The molecular formula is C24H24. The Bertz CT molecular complexity index is 815. The Hall–Kier alpha value is -2.60. The van der Waals surface area contributed by atoms with Crippen LogP contribution in [0.4, 0.5) is 0 Å². The van der Waals surface area contributed by atoms with Gasteiger partial charge in [0.15, 0.2) is 0 Å². The number of benzene rings is 3. The number of allylic oxidation sites excluding steroid dienone is 1. The van der Waals surface area contributed by atoms with Gasteiger partial charge in [0, 0.05) is 2.74 Å². The zero-order valence-electron chi connectivity index (χ0n) is 16.2. The molecule has 0 nitrogen and oxygen atoms in total. The first-order valence-corrected chi connectivity index (χ1v) is 8.29. The highest BCUT2D eigenvalue weighted by Crippen LogP contribution is 2.19. The molecule has 0 radical (unpaired) electrons. The third-order valence-electron chi connectivity index (χ3n) is 3.84.